The van der Waals surface area contributed by atoms with Gasteiger partial charge in [-0.25, -0.2) is 4.79 Å². The molecule has 0 aliphatic rings. The number of hydrogen-bond acceptors (Lipinski definition) is 5. The van der Waals surface area contributed by atoms with Crippen LogP contribution < -0.4 is 0 Å². The third kappa shape index (κ3) is 4.32. The van der Waals surface area contributed by atoms with Crippen LogP contribution in [0.4, 0.5) is 5.69 Å². The quantitative estimate of drug-likeness (QED) is 0.152. The molecule has 0 atom stereocenters. The maximum atomic E-state index is 11.7. The number of carbonyl (C=O) groups excluding carboxylic acids is 1. The van der Waals surface area contributed by atoms with E-state index >= 15 is 0 Å². The highest BCUT2D eigenvalue weighted by molar-refractivity contribution is 5.93. The smallest absolute Gasteiger partial charge is 0.338 e. The summed E-state index contributed by atoms with van der Waals surface area (Å²) in [5, 5.41) is 14.3. The van der Waals surface area contributed by atoms with E-state index in [0.717, 1.165) is 0 Å². The molecule has 0 amide bonds. The van der Waals surface area contributed by atoms with Crippen molar-refractivity contribution in [2.24, 2.45) is 5.11 Å². The van der Waals surface area contributed by atoms with Crippen molar-refractivity contribution in [1.29, 1.82) is 0 Å². The first-order valence-corrected chi connectivity index (χ1v) is 6.06. The van der Waals surface area contributed by atoms with Crippen LogP contribution in [0.15, 0.2) is 23.3 Å². The van der Waals surface area contributed by atoms with E-state index in [-0.39, 0.29) is 11.3 Å². The summed E-state index contributed by atoms with van der Waals surface area (Å²) in [7, 11) is 1.22. The monoisotopic (exact) mass is 290 g/mol. The normalized spacial score (nSPS) is 10.2. The summed E-state index contributed by atoms with van der Waals surface area (Å²) in [6.07, 6.45) is 3.88. The number of methoxy groups -OCH3 is 1. The van der Waals surface area contributed by atoms with Crippen LogP contribution in [-0.4, -0.2) is 24.5 Å². The Kier molecular flexibility index (Phi) is 5.91. The van der Waals surface area contributed by atoms with E-state index in [1.807, 2.05) is 0 Å². The molecule has 0 radical (unpaired) electrons. The molecule has 0 bridgehead atoms. The Morgan fingerprint density at radius 3 is 2.86 bits per heavy atom. The standard InChI is InChI=1S/C13H14N4O4/c1-9-10(5-3-4-6-15-16-14)7-11(17(19)20)8-12(9)13(18)21-2/h3,5,7-8H,4,6H2,1-2H3. The molecule has 0 heterocycles. The first-order valence-electron chi connectivity index (χ1n) is 6.06. The molecule has 0 spiro atoms. The maximum Gasteiger partial charge on any atom is 0.338 e. The van der Waals surface area contributed by atoms with Gasteiger partial charge in [-0.05, 0) is 30.0 Å². The molecule has 21 heavy (non-hydrogen) atoms. The van der Waals surface area contributed by atoms with Crippen LogP contribution >= 0.6 is 0 Å². The molecule has 0 aromatic heterocycles. The highest BCUT2D eigenvalue weighted by Crippen LogP contribution is 2.24. The second kappa shape index (κ2) is 7.66. The van der Waals surface area contributed by atoms with Gasteiger partial charge in [-0.15, -0.1) is 0 Å². The van der Waals surface area contributed by atoms with Gasteiger partial charge in [0.15, 0.2) is 0 Å². The summed E-state index contributed by atoms with van der Waals surface area (Å²) in [4.78, 5) is 24.6. The number of nitro benzene ring substituents is 1. The SMILES string of the molecule is COC(=O)c1cc([N+](=O)[O-])cc(C=CCCN=[N+]=[N-])c1C. The predicted octanol–water partition coefficient (Wildman–Crippen LogP) is 3.40. The molecule has 0 aliphatic carbocycles. The van der Waals surface area contributed by atoms with Crippen LogP contribution in [0.5, 0.6) is 0 Å². The average Bonchev–Trinajstić information content (AvgIpc) is 2.47. The Labute approximate surface area is 120 Å². The van der Waals surface area contributed by atoms with E-state index in [0.29, 0.717) is 24.1 Å². The first kappa shape index (κ1) is 16.2. The number of carbonyl (C=O) groups is 1. The van der Waals surface area contributed by atoms with Crippen molar-refractivity contribution in [3.63, 3.8) is 0 Å². The van der Waals surface area contributed by atoms with E-state index in [1.165, 1.54) is 19.2 Å². The number of hydrogen-bond donors (Lipinski definition) is 0. The Morgan fingerprint density at radius 1 is 1.57 bits per heavy atom. The molecule has 110 valence electrons. The largest absolute Gasteiger partial charge is 0.465 e. The third-order valence-electron chi connectivity index (χ3n) is 2.81. The summed E-state index contributed by atoms with van der Waals surface area (Å²) in [6, 6.07) is 2.57. The number of nitrogens with zero attached hydrogens (tertiary/aromatic N) is 4. The van der Waals surface area contributed by atoms with Crippen molar-refractivity contribution in [2.75, 3.05) is 13.7 Å². The van der Waals surface area contributed by atoms with E-state index in [1.54, 1.807) is 19.1 Å². The van der Waals surface area contributed by atoms with Crippen LogP contribution in [0.2, 0.25) is 0 Å². The fraction of sp³-hybridized carbons (Fsp3) is 0.308. The Bertz CT molecular complexity index is 633. The zero-order chi connectivity index (χ0) is 15.8. The van der Waals surface area contributed by atoms with Crippen molar-refractivity contribution >= 4 is 17.7 Å². The molecule has 8 heteroatoms. The van der Waals surface area contributed by atoms with Crippen molar-refractivity contribution in [2.45, 2.75) is 13.3 Å². The van der Waals surface area contributed by atoms with Crippen LogP contribution in [-0.2, 0) is 4.74 Å². The van der Waals surface area contributed by atoms with Gasteiger partial charge in [-0.1, -0.05) is 17.3 Å². The lowest BCUT2D eigenvalue weighted by Crippen LogP contribution is -2.06. The first-order chi connectivity index (χ1) is 10.0. The molecular weight excluding hydrogens is 276 g/mol. The number of ether oxygens (including phenoxy) is 1. The van der Waals surface area contributed by atoms with Gasteiger partial charge in [-0.3, -0.25) is 10.1 Å². The van der Waals surface area contributed by atoms with Crippen molar-refractivity contribution in [3.05, 3.63) is 55.5 Å². The minimum Gasteiger partial charge on any atom is -0.465 e. The van der Waals surface area contributed by atoms with Crippen LogP contribution in [0.1, 0.15) is 27.9 Å². The Hall–Kier alpha value is -2.86. The number of esters is 1. The Morgan fingerprint density at radius 2 is 2.29 bits per heavy atom. The van der Waals surface area contributed by atoms with Crippen molar-refractivity contribution in [1.82, 2.24) is 0 Å². The summed E-state index contributed by atoms with van der Waals surface area (Å²) >= 11 is 0. The Balaban J connectivity index is 3.17. The van der Waals surface area contributed by atoms with E-state index < -0.39 is 10.9 Å². The van der Waals surface area contributed by atoms with Crippen LogP contribution in [0, 0.1) is 17.0 Å². The van der Waals surface area contributed by atoms with Crippen LogP contribution in [0.25, 0.3) is 16.5 Å². The number of non-ortho nitro benzene ring substituents is 1. The molecule has 1 aromatic carbocycles. The van der Waals surface area contributed by atoms with Gasteiger partial charge in [0.2, 0.25) is 0 Å². The predicted molar refractivity (Wildman–Crippen MR) is 76.8 cm³/mol. The lowest BCUT2D eigenvalue weighted by atomic mass is 10.0. The van der Waals surface area contributed by atoms with Crippen molar-refractivity contribution in [3.8, 4) is 0 Å². The highest BCUT2D eigenvalue weighted by atomic mass is 16.6. The van der Waals surface area contributed by atoms with Gasteiger partial charge in [0, 0.05) is 23.6 Å². The second-order valence-electron chi connectivity index (χ2n) is 4.10. The molecule has 0 fully saturated rings. The number of nitro groups is 1. The summed E-state index contributed by atoms with van der Waals surface area (Å²) < 4.78 is 4.62. The average molecular weight is 290 g/mol. The van der Waals surface area contributed by atoms with Gasteiger partial charge in [-0.2, -0.15) is 0 Å². The highest BCUT2D eigenvalue weighted by Gasteiger charge is 2.18. The van der Waals surface area contributed by atoms with Gasteiger partial charge < -0.3 is 4.74 Å². The molecule has 8 nitrogen and oxygen atoms in total. The second-order valence-corrected chi connectivity index (χ2v) is 4.10. The van der Waals surface area contributed by atoms with Gasteiger partial charge in [0.1, 0.15) is 0 Å². The minimum absolute atomic E-state index is 0.154. The van der Waals surface area contributed by atoms with Gasteiger partial charge >= 0.3 is 5.97 Å². The van der Waals surface area contributed by atoms with Crippen molar-refractivity contribution < 1.29 is 14.5 Å². The summed E-state index contributed by atoms with van der Waals surface area (Å²) in [5.74, 6) is -0.625. The van der Waals surface area contributed by atoms with E-state index in [9.17, 15) is 14.9 Å². The molecular formula is C13H14N4O4. The topological polar surface area (TPSA) is 118 Å². The zero-order valence-corrected chi connectivity index (χ0v) is 11.6. The molecule has 0 N–H and O–H groups in total. The fourth-order valence-corrected chi connectivity index (χ4v) is 1.71. The number of rotatable bonds is 6. The number of benzene rings is 1. The zero-order valence-electron chi connectivity index (χ0n) is 11.6. The molecule has 1 aromatic rings. The molecule has 0 aliphatic heterocycles. The van der Waals surface area contributed by atoms with E-state index in [2.05, 4.69) is 14.8 Å². The fourth-order valence-electron chi connectivity index (χ4n) is 1.71. The minimum atomic E-state index is -0.625. The van der Waals surface area contributed by atoms with E-state index in [4.69, 9.17) is 5.53 Å². The molecule has 0 unspecified atom stereocenters. The van der Waals surface area contributed by atoms with Gasteiger partial charge in [0.25, 0.3) is 5.69 Å². The molecule has 0 saturated heterocycles. The number of azide groups is 1. The third-order valence-corrected chi connectivity index (χ3v) is 2.81. The lowest BCUT2D eigenvalue weighted by molar-refractivity contribution is -0.384. The lowest BCUT2D eigenvalue weighted by Gasteiger charge is -2.07. The van der Waals surface area contributed by atoms with Gasteiger partial charge in [0.05, 0.1) is 17.6 Å². The molecule has 1 rings (SSSR count). The summed E-state index contributed by atoms with van der Waals surface area (Å²) in [5.41, 5.74) is 9.26. The maximum absolute atomic E-state index is 11.7. The summed E-state index contributed by atoms with van der Waals surface area (Å²) in [6.45, 7) is 1.98. The molecule has 0 saturated carbocycles. The van der Waals surface area contributed by atoms with Crippen LogP contribution in [0.3, 0.4) is 0 Å².